The van der Waals surface area contributed by atoms with Gasteiger partial charge in [0.1, 0.15) is 12.6 Å². The van der Waals surface area contributed by atoms with E-state index in [4.69, 9.17) is 11.6 Å². The summed E-state index contributed by atoms with van der Waals surface area (Å²) in [6.45, 7) is 0.897. The first-order valence-electron chi connectivity index (χ1n) is 16.5. The van der Waals surface area contributed by atoms with Crippen molar-refractivity contribution in [1.82, 2.24) is 10.2 Å². The van der Waals surface area contributed by atoms with Crippen molar-refractivity contribution in [3.8, 4) is 0 Å². The lowest BCUT2D eigenvalue weighted by Crippen LogP contribution is -2.55. The molecule has 2 amide bonds. The van der Waals surface area contributed by atoms with Crippen molar-refractivity contribution in [1.29, 1.82) is 0 Å². The third kappa shape index (κ3) is 9.25. The molecule has 264 valence electrons. The highest BCUT2D eigenvalue weighted by Crippen LogP contribution is 2.37. The molecule has 4 aromatic rings. The Hall–Kier alpha value is -4.35. The number of benzene rings is 4. The molecule has 1 N–H and O–H groups in total. The number of nitrogens with zero attached hydrogens (tertiary/aromatic N) is 2. The second-order valence-corrected chi connectivity index (χ2v) is 14.8. The fraction of sp³-hybridized carbons (Fsp3) is 0.316. The molecule has 4 aromatic carbocycles. The first-order chi connectivity index (χ1) is 23.8. The zero-order valence-electron chi connectivity index (χ0n) is 27.6. The highest BCUT2D eigenvalue weighted by atomic mass is 35.5. The van der Waals surface area contributed by atoms with Crippen LogP contribution in [0, 0.1) is 6.92 Å². The van der Waals surface area contributed by atoms with Crippen LogP contribution in [0.5, 0.6) is 0 Å². The van der Waals surface area contributed by atoms with Crippen LogP contribution in [0.3, 0.4) is 0 Å². The van der Waals surface area contributed by atoms with Crippen LogP contribution in [0.1, 0.15) is 54.4 Å². The Labute approximate surface area is 296 Å². The van der Waals surface area contributed by atoms with E-state index in [1.807, 2.05) is 55.5 Å². The number of anilines is 1. The van der Waals surface area contributed by atoms with E-state index in [0.717, 1.165) is 55.4 Å². The number of hydrogen-bond donors (Lipinski definition) is 1. The lowest BCUT2D eigenvalue weighted by molar-refractivity contribution is -0.140. The average Bonchev–Trinajstić information content (AvgIpc) is 3.09. The van der Waals surface area contributed by atoms with Gasteiger partial charge >= 0.3 is 6.18 Å². The second kappa shape index (κ2) is 16.1. The molecule has 5 rings (SSSR count). The van der Waals surface area contributed by atoms with E-state index < -0.39 is 51.9 Å². The smallest absolute Gasteiger partial charge is 0.352 e. The van der Waals surface area contributed by atoms with E-state index in [9.17, 15) is 31.2 Å². The van der Waals surface area contributed by atoms with E-state index in [1.165, 1.54) is 29.2 Å². The van der Waals surface area contributed by atoms with E-state index >= 15 is 0 Å². The predicted molar refractivity (Wildman–Crippen MR) is 188 cm³/mol. The van der Waals surface area contributed by atoms with Crippen molar-refractivity contribution in [2.75, 3.05) is 10.8 Å². The number of halogens is 4. The molecule has 0 radical (unpaired) electrons. The van der Waals surface area contributed by atoms with Crippen molar-refractivity contribution in [3.63, 3.8) is 0 Å². The van der Waals surface area contributed by atoms with Gasteiger partial charge in [0, 0.05) is 19.0 Å². The Morgan fingerprint density at radius 3 is 2.14 bits per heavy atom. The number of rotatable bonds is 12. The van der Waals surface area contributed by atoms with Gasteiger partial charge in [0.15, 0.2) is 0 Å². The zero-order chi connectivity index (χ0) is 35.9. The van der Waals surface area contributed by atoms with Crippen molar-refractivity contribution < 1.29 is 31.2 Å². The van der Waals surface area contributed by atoms with E-state index in [0.29, 0.717) is 15.9 Å². The Morgan fingerprint density at radius 1 is 0.860 bits per heavy atom. The fourth-order valence-corrected chi connectivity index (χ4v) is 7.93. The fourth-order valence-electron chi connectivity index (χ4n) is 6.22. The van der Waals surface area contributed by atoms with Crippen LogP contribution in [-0.4, -0.2) is 43.8 Å². The molecule has 1 atom stereocenters. The summed E-state index contributed by atoms with van der Waals surface area (Å²) in [7, 11) is -4.64. The van der Waals surface area contributed by atoms with E-state index in [-0.39, 0.29) is 28.9 Å². The number of sulfonamides is 1. The molecule has 12 heteroatoms. The topological polar surface area (TPSA) is 86.8 Å². The van der Waals surface area contributed by atoms with Crippen LogP contribution in [0.15, 0.2) is 108 Å². The number of amides is 2. The lowest BCUT2D eigenvalue weighted by Gasteiger charge is -2.35. The minimum absolute atomic E-state index is 0.0638. The van der Waals surface area contributed by atoms with Gasteiger partial charge in [0.2, 0.25) is 11.8 Å². The molecule has 0 unspecified atom stereocenters. The van der Waals surface area contributed by atoms with Crippen LogP contribution < -0.4 is 9.62 Å². The maximum Gasteiger partial charge on any atom is 0.416 e. The van der Waals surface area contributed by atoms with E-state index in [1.54, 1.807) is 12.1 Å². The monoisotopic (exact) mass is 725 g/mol. The van der Waals surface area contributed by atoms with Gasteiger partial charge in [-0.15, -0.1) is 0 Å². The third-order valence-electron chi connectivity index (χ3n) is 8.81. The summed E-state index contributed by atoms with van der Waals surface area (Å²) in [5.41, 5.74) is 0.721. The van der Waals surface area contributed by atoms with Gasteiger partial charge in [-0.2, -0.15) is 13.2 Å². The quantitative estimate of drug-likeness (QED) is 0.161. The Kier molecular flexibility index (Phi) is 11.9. The summed E-state index contributed by atoms with van der Waals surface area (Å²) in [4.78, 5) is 30.0. The summed E-state index contributed by atoms with van der Waals surface area (Å²) in [6, 6.07) is 24.8. The molecule has 1 aliphatic carbocycles. The lowest BCUT2D eigenvalue weighted by atomic mass is 9.94. The van der Waals surface area contributed by atoms with Crippen molar-refractivity contribution >= 4 is 39.1 Å². The molecule has 0 saturated heterocycles. The maximum absolute atomic E-state index is 14.7. The summed E-state index contributed by atoms with van der Waals surface area (Å²) in [6.07, 6.45) is -0.108. The standard InChI is InChI=1S/C38H39ClF3N3O4S/c1-27-12-11-15-29(22-27)25-44(35(23-28-13-5-2-6-14-28)37(47)43-31-16-7-3-8-17-31)36(46)26-45(50(48,49)32-18-9-4-10-19-32)34-24-30(38(40,41)42)20-21-33(34)39/h2,4-6,9-15,18-22,24,31,35H,3,7-8,16-17,23,25-26H2,1H3,(H,43,47)/t35-/m0/s1. The molecule has 1 fully saturated rings. The molecule has 1 saturated carbocycles. The summed E-state index contributed by atoms with van der Waals surface area (Å²) in [5, 5.41) is 2.84. The zero-order valence-corrected chi connectivity index (χ0v) is 29.1. The summed E-state index contributed by atoms with van der Waals surface area (Å²) < 4.78 is 70.7. The molecule has 1 aliphatic rings. The number of hydrogen-bond acceptors (Lipinski definition) is 4. The minimum atomic E-state index is -4.82. The van der Waals surface area contributed by atoms with Crippen molar-refractivity contribution in [3.05, 3.63) is 130 Å². The number of carbonyl (C=O) groups excluding carboxylic acids is 2. The van der Waals surface area contributed by atoms with Gasteiger partial charge in [-0.3, -0.25) is 13.9 Å². The van der Waals surface area contributed by atoms with Gasteiger partial charge in [0.25, 0.3) is 10.0 Å². The van der Waals surface area contributed by atoms with Gasteiger partial charge < -0.3 is 10.2 Å². The molecule has 0 bridgehead atoms. The molecule has 0 spiro atoms. The second-order valence-electron chi connectivity index (χ2n) is 12.5. The Morgan fingerprint density at radius 2 is 1.50 bits per heavy atom. The van der Waals surface area contributed by atoms with Gasteiger partial charge in [-0.25, -0.2) is 8.42 Å². The highest BCUT2D eigenvalue weighted by Gasteiger charge is 2.38. The summed E-state index contributed by atoms with van der Waals surface area (Å²) >= 11 is 6.41. The Bertz CT molecular complexity index is 1890. The van der Waals surface area contributed by atoms with Gasteiger partial charge in [-0.1, -0.05) is 109 Å². The molecule has 0 heterocycles. The van der Waals surface area contributed by atoms with Crippen LogP contribution >= 0.6 is 11.6 Å². The van der Waals surface area contributed by atoms with Gasteiger partial charge in [-0.05, 0) is 61.2 Å². The molecule has 0 aromatic heterocycles. The average molecular weight is 726 g/mol. The van der Waals surface area contributed by atoms with Crippen molar-refractivity contribution in [2.24, 2.45) is 0 Å². The normalized spacial score (nSPS) is 14.5. The number of aryl methyl sites for hydroxylation is 1. The molecular weight excluding hydrogens is 687 g/mol. The van der Waals surface area contributed by atoms with Crippen LogP contribution in [0.2, 0.25) is 5.02 Å². The van der Waals surface area contributed by atoms with Crippen molar-refractivity contribution in [2.45, 2.75) is 75.1 Å². The SMILES string of the molecule is Cc1cccc(CN(C(=O)CN(c2cc(C(F)(F)F)ccc2Cl)S(=O)(=O)c2ccccc2)[C@@H](Cc2ccccc2)C(=O)NC2CCCCC2)c1. The molecule has 0 aliphatic heterocycles. The molecule has 7 nitrogen and oxygen atoms in total. The Balaban J connectivity index is 1.61. The first kappa shape index (κ1) is 36.9. The largest absolute Gasteiger partial charge is 0.416 e. The number of nitrogens with one attached hydrogen (secondary N) is 1. The molecule has 50 heavy (non-hydrogen) atoms. The van der Waals surface area contributed by atoms with Crippen LogP contribution in [-0.2, 0) is 38.8 Å². The number of alkyl halides is 3. The van der Waals surface area contributed by atoms with Gasteiger partial charge in [0.05, 0.1) is 21.2 Å². The van der Waals surface area contributed by atoms with Crippen LogP contribution in [0.25, 0.3) is 0 Å². The first-order valence-corrected chi connectivity index (χ1v) is 18.3. The molecular formula is C38H39ClF3N3O4S. The third-order valence-corrected chi connectivity index (χ3v) is 10.9. The number of carbonyl (C=O) groups is 2. The minimum Gasteiger partial charge on any atom is -0.352 e. The maximum atomic E-state index is 14.7. The highest BCUT2D eigenvalue weighted by molar-refractivity contribution is 7.92. The predicted octanol–water partition coefficient (Wildman–Crippen LogP) is 7.95. The van der Waals surface area contributed by atoms with E-state index in [2.05, 4.69) is 5.32 Å². The van der Waals surface area contributed by atoms with Crippen LogP contribution in [0.4, 0.5) is 18.9 Å². The summed E-state index contributed by atoms with van der Waals surface area (Å²) in [5.74, 6) is -1.18.